The van der Waals surface area contributed by atoms with Crippen LogP contribution in [-0.4, -0.2) is 8.42 Å². The first-order chi connectivity index (χ1) is 9.88. The van der Waals surface area contributed by atoms with Crippen molar-refractivity contribution in [1.82, 2.24) is 0 Å². The summed E-state index contributed by atoms with van der Waals surface area (Å²) in [5.41, 5.74) is 4.20. The van der Waals surface area contributed by atoms with Gasteiger partial charge in [-0.15, -0.1) is 0 Å². The van der Waals surface area contributed by atoms with Gasteiger partial charge >= 0.3 is 0 Å². The van der Waals surface area contributed by atoms with Gasteiger partial charge in [0.05, 0.1) is 23.1 Å². The van der Waals surface area contributed by atoms with Gasteiger partial charge in [-0.1, -0.05) is 41.5 Å². The van der Waals surface area contributed by atoms with Crippen molar-refractivity contribution in [3.8, 4) is 6.07 Å². The van der Waals surface area contributed by atoms with Crippen LogP contribution >= 0.6 is 0 Å². The molecule has 4 heteroatoms. The molecule has 0 aliphatic carbocycles. The summed E-state index contributed by atoms with van der Waals surface area (Å²) in [6.45, 7) is 3.92. The van der Waals surface area contributed by atoms with Crippen molar-refractivity contribution in [2.75, 3.05) is 0 Å². The molecule has 3 nitrogen and oxygen atoms in total. The van der Waals surface area contributed by atoms with Crippen molar-refractivity contribution in [3.05, 3.63) is 70.3 Å². The van der Waals surface area contributed by atoms with Crippen LogP contribution < -0.4 is 0 Å². The molecule has 0 saturated carbocycles. The third-order valence-electron chi connectivity index (χ3n) is 3.14. The van der Waals surface area contributed by atoms with E-state index >= 15 is 0 Å². The van der Waals surface area contributed by atoms with E-state index < -0.39 is 9.84 Å². The lowest BCUT2D eigenvalue weighted by Gasteiger charge is -2.07. The number of rotatable bonds is 4. The summed E-state index contributed by atoms with van der Waals surface area (Å²) in [7, 11) is -3.22. The number of sulfone groups is 1. The van der Waals surface area contributed by atoms with Gasteiger partial charge in [-0.25, -0.2) is 8.42 Å². The summed E-state index contributed by atoms with van der Waals surface area (Å²) in [5.74, 6) is 0.0290. The maximum atomic E-state index is 12.3. The van der Waals surface area contributed by atoms with E-state index in [0.29, 0.717) is 11.1 Å². The number of hydrogen-bond acceptors (Lipinski definition) is 3. The van der Waals surface area contributed by atoms with Crippen LogP contribution in [0.2, 0.25) is 0 Å². The molecule has 0 saturated heterocycles. The van der Waals surface area contributed by atoms with E-state index in [-0.39, 0.29) is 11.5 Å². The first kappa shape index (κ1) is 15.3. The highest BCUT2D eigenvalue weighted by atomic mass is 32.2. The minimum atomic E-state index is -3.22. The van der Waals surface area contributed by atoms with Crippen LogP contribution in [0.1, 0.15) is 27.8 Å². The molecule has 2 rings (SSSR count). The summed E-state index contributed by atoms with van der Waals surface area (Å²) in [4.78, 5) is 0. The van der Waals surface area contributed by atoms with Crippen molar-refractivity contribution in [2.24, 2.45) is 0 Å². The fraction of sp³-hybridized carbons (Fsp3) is 0.235. The summed E-state index contributed by atoms with van der Waals surface area (Å²) in [6.07, 6.45) is 0. The molecule has 2 aromatic rings. The van der Waals surface area contributed by atoms with Crippen molar-refractivity contribution in [3.63, 3.8) is 0 Å². The number of aryl methyl sites for hydroxylation is 2. The van der Waals surface area contributed by atoms with Crippen LogP contribution in [0.4, 0.5) is 0 Å². The molecule has 0 spiro atoms. The second-order valence-corrected chi connectivity index (χ2v) is 7.40. The Morgan fingerprint density at radius 2 is 1.43 bits per heavy atom. The van der Waals surface area contributed by atoms with E-state index in [4.69, 9.17) is 5.26 Å². The second-order valence-electron chi connectivity index (χ2n) is 5.34. The fourth-order valence-corrected chi connectivity index (χ4v) is 3.86. The minimum Gasteiger partial charge on any atom is -0.228 e. The lowest BCUT2D eigenvalue weighted by atomic mass is 10.1. The Balaban J connectivity index is 2.16. The lowest BCUT2D eigenvalue weighted by Crippen LogP contribution is -2.08. The van der Waals surface area contributed by atoms with Gasteiger partial charge in [0.15, 0.2) is 9.84 Å². The van der Waals surface area contributed by atoms with Crippen LogP contribution in [-0.2, 0) is 21.3 Å². The van der Waals surface area contributed by atoms with Crippen LogP contribution in [0, 0.1) is 25.2 Å². The van der Waals surface area contributed by atoms with E-state index in [1.165, 1.54) is 0 Å². The third kappa shape index (κ3) is 4.44. The van der Waals surface area contributed by atoms with Crippen LogP contribution in [0.3, 0.4) is 0 Å². The molecule has 0 N–H and O–H groups in total. The molecule has 0 amide bonds. The van der Waals surface area contributed by atoms with Crippen LogP contribution in [0.5, 0.6) is 0 Å². The smallest absolute Gasteiger partial charge is 0.158 e. The Bertz CT molecular complexity index is 764. The maximum Gasteiger partial charge on any atom is 0.158 e. The fourth-order valence-electron chi connectivity index (χ4n) is 2.39. The van der Waals surface area contributed by atoms with E-state index in [2.05, 4.69) is 0 Å². The predicted molar refractivity (Wildman–Crippen MR) is 83.4 cm³/mol. The third-order valence-corrected chi connectivity index (χ3v) is 4.68. The van der Waals surface area contributed by atoms with Gasteiger partial charge in [0.1, 0.15) is 0 Å². The zero-order chi connectivity index (χ0) is 15.5. The van der Waals surface area contributed by atoms with Crippen LogP contribution in [0.15, 0.2) is 42.5 Å². The zero-order valence-corrected chi connectivity index (χ0v) is 12.9. The Labute approximate surface area is 125 Å². The minimum absolute atomic E-state index is 0.00824. The molecule has 0 atom stereocenters. The van der Waals surface area contributed by atoms with Crippen molar-refractivity contribution >= 4 is 9.84 Å². The highest BCUT2D eigenvalue weighted by Crippen LogP contribution is 2.16. The van der Waals surface area contributed by atoms with Crippen molar-refractivity contribution in [2.45, 2.75) is 25.4 Å². The lowest BCUT2D eigenvalue weighted by molar-refractivity contribution is 0.594. The van der Waals surface area contributed by atoms with Gasteiger partial charge in [0, 0.05) is 0 Å². The molecule has 0 aromatic heterocycles. The van der Waals surface area contributed by atoms with Crippen LogP contribution in [0.25, 0.3) is 0 Å². The Kier molecular flexibility index (Phi) is 4.44. The molecule has 2 aromatic carbocycles. The summed E-state index contributed by atoms with van der Waals surface area (Å²) in [6, 6.07) is 14.5. The maximum absolute atomic E-state index is 12.3. The van der Waals surface area contributed by atoms with Gasteiger partial charge in [0.25, 0.3) is 0 Å². The SMILES string of the molecule is Cc1cc(C)cc(CS(=O)(=O)Cc2ccc(C#N)cc2)c1. The summed E-state index contributed by atoms with van der Waals surface area (Å²) in [5, 5.41) is 8.74. The number of hydrogen-bond donors (Lipinski definition) is 0. The number of benzene rings is 2. The van der Waals surface area contributed by atoms with E-state index in [1.54, 1.807) is 24.3 Å². The average Bonchev–Trinajstić information content (AvgIpc) is 2.37. The Morgan fingerprint density at radius 3 is 1.95 bits per heavy atom. The molecule has 0 unspecified atom stereocenters. The molecule has 0 aliphatic rings. The Hall–Kier alpha value is -2.12. The summed E-state index contributed by atoms with van der Waals surface area (Å²) >= 11 is 0. The van der Waals surface area contributed by atoms with Crippen molar-refractivity contribution in [1.29, 1.82) is 5.26 Å². The predicted octanol–water partition coefficient (Wildman–Crippen LogP) is 3.29. The van der Waals surface area contributed by atoms with Gasteiger partial charge in [0.2, 0.25) is 0 Å². The monoisotopic (exact) mass is 299 g/mol. The van der Waals surface area contributed by atoms with E-state index in [1.807, 2.05) is 38.1 Å². The molecular formula is C17H17NO2S. The molecule has 0 radical (unpaired) electrons. The molecule has 0 bridgehead atoms. The second kappa shape index (κ2) is 6.11. The molecule has 0 heterocycles. The quantitative estimate of drug-likeness (QED) is 0.870. The largest absolute Gasteiger partial charge is 0.228 e. The Morgan fingerprint density at radius 1 is 0.905 bits per heavy atom. The highest BCUT2D eigenvalue weighted by Gasteiger charge is 2.13. The molecular weight excluding hydrogens is 282 g/mol. The van der Waals surface area contributed by atoms with Gasteiger partial charge in [-0.05, 0) is 37.1 Å². The first-order valence-electron chi connectivity index (χ1n) is 6.64. The topological polar surface area (TPSA) is 57.9 Å². The molecule has 0 aliphatic heterocycles. The standard InChI is InChI=1S/C17H17NO2S/c1-13-7-14(2)9-17(8-13)12-21(19,20)11-16-5-3-15(10-18)4-6-16/h3-9H,11-12H2,1-2H3. The highest BCUT2D eigenvalue weighted by molar-refractivity contribution is 7.89. The summed E-state index contributed by atoms with van der Waals surface area (Å²) < 4.78 is 24.6. The van der Waals surface area contributed by atoms with Gasteiger partial charge in [-0.3, -0.25) is 0 Å². The van der Waals surface area contributed by atoms with Gasteiger partial charge < -0.3 is 0 Å². The number of nitrogens with zero attached hydrogens (tertiary/aromatic N) is 1. The average molecular weight is 299 g/mol. The number of nitriles is 1. The zero-order valence-electron chi connectivity index (χ0n) is 12.1. The van der Waals surface area contributed by atoms with E-state index in [0.717, 1.165) is 16.7 Å². The van der Waals surface area contributed by atoms with E-state index in [9.17, 15) is 8.42 Å². The molecule has 108 valence electrons. The molecule has 21 heavy (non-hydrogen) atoms. The normalized spacial score (nSPS) is 11.1. The molecule has 0 fully saturated rings. The van der Waals surface area contributed by atoms with Gasteiger partial charge in [-0.2, -0.15) is 5.26 Å². The van der Waals surface area contributed by atoms with Crippen molar-refractivity contribution < 1.29 is 8.42 Å². The first-order valence-corrected chi connectivity index (χ1v) is 8.47.